The van der Waals surface area contributed by atoms with Gasteiger partial charge in [0.05, 0.1) is 17.8 Å². The van der Waals surface area contributed by atoms with E-state index in [4.69, 9.17) is 17.5 Å². The minimum absolute atomic E-state index is 0.420. The zero-order chi connectivity index (χ0) is 15.1. The minimum atomic E-state index is 0.420. The van der Waals surface area contributed by atoms with Crippen molar-refractivity contribution < 1.29 is 0 Å². The van der Waals surface area contributed by atoms with E-state index in [2.05, 4.69) is 21.9 Å². The molecule has 0 fully saturated rings. The van der Waals surface area contributed by atoms with E-state index in [1.807, 2.05) is 43.3 Å². The summed E-state index contributed by atoms with van der Waals surface area (Å²) in [6.07, 6.45) is 1.64. The molecule has 0 amide bonds. The molecule has 0 atom stereocenters. The molecule has 0 aliphatic carbocycles. The summed E-state index contributed by atoms with van der Waals surface area (Å²) in [5.74, 6) is 0. The van der Waals surface area contributed by atoms with Gasteiger partial charge in [0.25, 0.3) is 0 Å². The molecule has 5 heteroatoms. The zero-order valence-corrected chi connectivity index (χ0v) is 12.3. The first-order chi connectivity index (χ1) is 10.2. The fourth-order valence-corrected chi connectivity index (χ4v) is 1.78. The van der Waals surface area contributed by atoms with Gasteiger partial charge in [0.1, 0.15) is 0 Å². The lowest BCUT2D eigenvalue weighted by atomic mass is 10.2. The Morgan fingerprint density at radius 2 is 1.81 bits per heavy atom. The van der Waals surface area contributed by atoms with Crippen LogP contribution in [0, 0.1) is 18.3 Å². The molecule has 4 nitrogen and oxygen atoms in total. The van der Waals surface area contributed by atoms with E-state index in [1.54, 1.807) is 18.3 Å². The number of hydrazone groups is 1. The summed E-state index contributed by atoms with van der Waals surface area (Å²) in [7, 11) is 0. The number of nitrogens with one attached hydrogen (secondary N) is 2. The van der Waals surface area contributed by atoms with E-state index in [1.165, 1.54) is 5.56 Å². The lowest BCUT2D eigenvalue weighted by Gasteiger charge is -2.06. The fraction of sp³-hybridized carbons (Fsp3) is 0.0625. The van der Waals surface area contributed by atoms with E-state index in [0.29, 0.717) is 10.7 Å². The Bertz CT molecular complexity index is 682. The molecule has 0 aliphatic rings. The lowest BCUT2D eigenvalue weighted by molar-refractivity contribution is 1.05. The second-order valence-corrected chi connectivity index (χ2v) is 4.83. The van der Waals surface area contributed by atoms with Crippen molar-refractivity contribution in [1.29, 1.82) is 5.26 Å². The van der Waals surface area contributed by atoms with Crippen molar-refractivity contribution in [1.82, 2.24) is 5.43 Å². The second-order valence-electron chi connectivity index (χ2n) is 4.42. The van der Waals surface area contributed by atoms with Crippen LogP contribution in [0.2, 0.25) is 0 Å². The highest BCUT2D eigenvalue weighted by molar-refractivity contribution is 7.80. The number of rotatable bonds is 3. The number of aryl methyl sites for hydroxylation is 1. The van der Waals surface area contributed by atoms with Gasteiger partial charge in [0, 0.05) is 5.69 Å². The van der Waals surface area contributed by atoms with Crippen molar-refractivity contribution in [3.05, 3.63) is 65.2 Å². The first-order valence-electron chi connectivity index (χ1n) is 6.34. The number of hydrogen-bond acceptors (Lipinski definition) is 3. The van der Waals surface area contributed by atoms with Crippen LogP contribution in [0.4, 0.5) is 5.69 Å². The van der Waals surface area contributed by atoms with Crippen LogP contribution in [0.5, 0.6) is 0 Å². The largest absolute Gasteiger partial charge is 0.331 e. The summed E-state index contributed by atoms with van der Waals surface area (Å²) in [6.45, 7) is 2.03. The summed E-state index contributed by atoms with van der Waals surface area (Å²) >= 11 is 5.14. The number of thiocarbonyl (C=S) groups is 1. The maximum Gasteiger partial charge on any atom is 0.191 e. The van der Waals surface area contributed by atoms with Gasteiger partial charge in [0.2, 0.25) is 0 Å². The first-order valence-corrected chi connectivity index (χ1v) is 6.75. The Hall–Kier alpha value is -2.71. The maximum atomic E-state index is 8.71. The molecule has 0 heterocycles. The maximum absolute atomic E-state index is 8.71. The molecule has 0 aliphatic heterocycles. The third-order valence-corrected chi connectivity index (χ3v) is 2.92. The van der Waals surface area contributed by atoms with E-state index in [9.17, 15) is 0 Å². The molecule has 0 bridgehead atoms. The average molecular weight is 294 g/mol. The molecule has 0 saturated carbocycles. The second kappa shape index (κ2) is 7.17. The van der Waals surface area contributed by atoms with Crippen molar-refractivity contribution in [3.63, 3.8) is 0 Å². The molecule has 0 unspecified atom stereocenters. The molecule has 2 aromatic carbocycles. The Morgan fingerprint density at radius 3 is 2.43 bits per heavy atom. The lowest BCUT2D eigenvalue weighted by Crippen LogP contribution is -2.23. The van der Waals surface area contributed by atoms with Gasteiger partial charge >= 0.3 is 0 Å². The van der Waals surface area contributed by atoms with Crippen molar-refractivity contribution >= 4 is 29.2 Å². The van der Waals surface area contributed by atoms with Gasteiger partial charge in [-0.25, -0.2) is 0 Å². The molecular formula is C16H14N4S. The fourth-order valence-electron chi connectivity index (χ4n) is 1.61. The van der Waals surface area contributed by atoms with E-state index in [-0.39, 0.29) is 0 Å². The Balaban J connectivity index is 1.86. The monoisotopic (exact) mass is 294 g/mol. The van der Waals surface area contributed by atoms with Crippen molar-refractivity contribution in [2.75, 3.05) is 5.32 Å². The molecule has 2 rings (SSSR count). The highest BCUT2D eigenvalue weighted by atomic mass is 32.1. The number of anilines is 1. The number of hydrogen-bond donors (Lipinski definition) is 2. The van der Waals surface area contributed by atoms with Crippen LogP contribution in [-0.2, 0) is 0 Å². The van der Waals surface area contributed by atoms with Gasteiger partial charge in [-0.15, -0.1) is 0 Å². The van der Waals surface area contributed by atoms with Crippen LogP contribution in [0.15, 0.2) is 53.6 Å². The quantitative estimate of drug-likeness (QED) is 0.518. The molecule has 2 N–H and O–H groups in total. The third kappa shape index (κ3) is 4.71. The van der Waals surface area contributed by atoms with Crippen LogP contribution in [-0.4, -0.2) is 11.3 Å². The van der Waals surface area contributed by atoms with E-state index >= 15 is 0 Å². The smallest absolute Gasteiger partial charge is 0.191 e. The standard InChI is InChI=1S/C16H14N4S/c1-12-2-8-15(9-3-12)19-16(21)20-18-11-14-6-4-13(10-17)5-7-14/h2-9,11H,1H3,(H2,19,20,21). The SMILES string of the molecule is Cc1ccc(NC(=S)NN=Cc2ccc(C#N)cc2)cc1. The number of nitrogens with zero attached hydrogens (tertiary/aromatic N) is 2. The van der Waals surface area contributed by atoms with E-state index in [0.717, 1.165) is 11.3 Å². The highest BCUT2D eigenvalue weighted by Gasteiger charge is 1.95. The average Bonchev–Trinajstić information content (AvgIpc) is 2.50. The molecule has 0 aromatic heterocycles. The Morgan fingerprint density at radius 1 is 1.14 bits per heavy atom. The number of benzene rings is 2. The molecule has 0 spiro atoms. The van der Waals surface area contributed by atoms with Gasteiger partial charge in [0.15, 0.2) is 5.11 Å². The molecular weight excluding hydrogens is 280 g/mol. The van der Waals surface area contributed by atoms with Crippen LogP contribution in [0.25, 0.3) is 0 Å². The summed E-state index contributed by atoms with van der Waals surface area (Å²) < 4.78 is 0. The Labute approximate surface area is 129 Å². The summed E-state index contributed by atoms with van der Waals surface area (Å²) in [6, 6.07) is 17.1. The molecule has 104 valence electrons. The highest BCUT2D eigenvalue weighted by Crippen LogP contribution is 2.08. The van der Waals surface area contributed by atoms with Gasteiger partial charge < -0.3 is 5.32 Å². The molecule has 21 heavy (non-hydrogen) atoms. The predicted molar refractivity (Wildman–Crippen MR) is 89.3 cm³/mol. The van der Waals surface area contributed by atoms with E-state index < -0.39 is 0 Å². The summed E-state index contributed by atoms with van der Waals surface area (Å²) in [5.41, 5.74) is 6.36. The Kier molecular flexibility index (Phi) is 5.02. The van der Waals surface area contributed by atoms with Crippen molar-refractivity contribution in [3.8, 4) is 6.07 Å². The van der Waals surface area contributed by atoms with Gasteiger partial charge in [-0.3, -0.25) is 5.43 Å². The topological polar surface area (TPSA) is 60.2 Å². The normalized spacial score (nSPS) is 10.1. The molecule has 2 aromatic rings. The van der Waals surface area contributed by atoms with Gasteiger partial charge in [-0.1, -0.05) is 29.8 Å². The zero-order valence-electron chi connectivity index (χ0n) is 11.5. The van der Waals surface area contributed by atoms with Crippen molar-refractivity contribution in [2.24, 2.45) is 5.10 Å². The molecule has 0 saturated heterocycles. The van der Waals surface area contributed by atoms with Crippen LogP contribution < -0.4 is 10.7 Å². The minimum Gasteiger partial charge on any atom is -0.331 e. The van der Waals surface area contributed by atoms with Crippen LogP contribution >= 0.6 is 12.2 Å². The predicted octanol–water partition coefficient (Wildman–Crippen LogP) is 3.19. The van der Waals surface area contributed by atoms with Crippen LogP contribution in [0.1, 0.15) is 16.7 Å². The summed E-state index contributed by atoms with van der Waals surface area (Å²) in [4.78, 5) is 0. The van der Waals surface area contributed by atoms with Crippen LogP contribution in [0.3, 0.4) is 0 Å². The molecule has 0 radical (unpaired) electrons. The van der Waals surface area contributed by atoms with Gasteiger partial charge in [-0.05, 0) is 49.0 Å². The first kappa shape index (κ1) is 14.7. The third-order valence-electron chi connectivity index (χ3n) is 2.73. The van der Waals surface area contributed by atoms with Gasteiger partial charge in [-0.2, -0.15) is 10.4 Å². The summed E-state index contributed by atoms with van der Waals surface area (Å²) in [5, 5.41) is 16.2. The van der Waals surface area contributed by atoms with Crippen molar-refractivity contribution in [2.45, 2.75) is 6.92 Å². The number of nitriles is 1.